The number of ether oxygens (including phenoxy) is 1. The van der Waals surface area contributed by atoms with E-state index in [4.69, 9.17) is 4.74 Å². The van der Waals surface area contributed by atoms with Gasteiger partial charge in [0, 0.05) is 30.0 Å². The Kier molecular flexibility index (Phi) is 5.86. The number of thiophene rings is 1. The van der Waals surface area contributed by atoms with Crippen LogP contribution in [0.2, 0.25) is 0 Å². The summed E-state index contributed by atoms with van der Waals surface area (Å²) in [5.74, 6) is 0. The molecule has 5 heteroatoms. The first-order chi connectivity index (χ1) is 9.69. The van der Waals surface area contributed by atoms with E-state index in [1.165, 1.54) is 16.2 Å². The lowest BCUT2D eigenvalue weighted by Crippen LogP contribution is -2.42. The minimum atomic E-state index is -0.0226. The Bertz CT molecular complexity index is 427. The third kappa shape index (κ3) is 4.49. The highest BCUT2D eigenvalue weighted by atomic mass is 32.1. The van der Waals surface area contributed by atoms with Crippen molar-refractivity contribution in [1.29, 1.82) is 0 Å². The number of hydrogen-bond acceptors (Lipinski definition) is 3. The maximum Gasteiger partial charge on any atom is 0.317 e. The van der Waals surface area contributed by atoms with Gasteiger partial charge in [0.1, 0.15) is 0 Å². The summed E-state index contributed by atoms with van der Waals surface area (Å²) in [5, 5.41) is 2.97. The lowest BCUT2D eigenvalue weighted by Gasteiger charge is -2.27. The van der Waals surface area contributed by atoms with E-state index >= 15 is 0 Å². The monoisotopic (exact) mass is 296 g/mol. The molecule has 0 spiro atoms. The van der Waals surface area contributed by atoms with Crippen molar-refractivity contribution in [2.24, 2.45) is 0 Å². The van der Waals surface area contributed by atoms with Crippen molar-refractivity contribution in [3.63, 3.8) is 0 Å². The fourth-order valence-corrected chi connectivity index (χ4v) is 3.24. The fourth-order valence-electron chi connectivity index (χ4n) is 2.34. The zero-order chi connectivity index (χ0) is 14.4. The smallest absolute Gasteiger partial charge is 0.317 e. The third-order valence-electron chi connectivity index (χ3n) is 3.58. The van der Waals surface area contributed by atoms with Crippen molar-refractivity contribution in [1.82, 2.24) is 10.2 Å². The van der Waals surface area contributed by atoms with Crippen LogP contribution in [0.5, 0.6) is 0 Å². The van der Waals surface area contributed by atoms with E-state index < -0.39 is 0 Å². The van der Waals surface area contributed by atoms with E-state index in [0.29, 0.717) is 13.1 Å². The molecule has 1 saturated heterocycles. The Morgan fingerprint density at radius 3 is 2.90 bits per heavy atom. The molecule has 1 atom stereocenters. The summed E-state index contributed by atoms with van der Waals surface area (Å²) in [6, 6.07) is 4.20. The van der Waals surface area contributed by atoms with E-state index in [1.807, 2.05) is 7.05 Å². The average molecular weight is 296 g/mol. The molecular weight excluding hydrogens is 272 g/mol. The summed E-state index contributed by atoms with van der Waals surface area (Å²) < 4.78 is 5.66. The van der Waals surface area contributed by atoms with Crippen LogP contribution in [0.25, 0.3) is 0 Å². The normalized spacial score (nSPS) is 18.8. The molecule has 1 aliphatic rings. The summed E-state index contributed by atoms with van der Waals surface area (Å²) in [5.41, 5.74) is 0. The fraction of sp³-hybridized carbons (Fsp3) is 0.667. The van der Waals surface area contributed by atoms with Crippen molar-refractivity contribution in [3.05, 3.63) is 21.9 Å². The Morgan fingerprint density at radius 1 is 1.45 bits per heavy atom. The van der Waals surface area contributed by atoms with Crippen LogP contribution in [0, 0.1) is 0 Å². The van der Waals surface area contributed by atoms with Crippen LogP contribution in [-0.4, -0.2) is 37.2 Å². The summed E-state index contributed by atoms with van der Waals surface area (Å²) in [6.07, 6.45) is 4.66. The van der Waals surface area contributed by atoms with E-state index in [2.05, 4.69) is 24.4 Å². The van der Waals surface area contributed by atoms with Crippen molar-refractivity contribution < 1.29 is 9.53 Å². The number of carbonyl (C=O) groups excluding carboxylic acids is 1. The highest BCUT2D eigenvalue weighted by Crippen LogP contribution is 2.17. The number of urea groups is 1. The molecular formula is C15H24N2O2S. The first-order valence-corrected chi connectivity index (χ1v) is 8.19. The average Bonchev–Trinajstić information content (AvgIpc) is 2.93. The summed E-state index contributed by atoms with van der Waals surface area (Å²) in [6.45, 7) is 4.26. The van der Waals surface area contributed by atoms with Gasteiger partial charge in [-0.05, 0) is 37.8 Å². The highest BCUT2D eigenvalue weighted by Gasteiger charge is 2.18. The Labute approximate surface area is 125 Å². The number of nitrogens with one attached hydrogen (secondary N) is 1. The number of aryl methyl sites for hydroxylation is 1. The minimum Gasteiger partial charge on any atom is -0.376 e. The van der Waals surface area contributed by atoms with E-state index in [-0.39, 0.29) is 12.1 Å². The molecule has 20 heavy (non-hydrogen) atoms. The molecule has 1 aromatic heterocycles. The number of hydrogen-bond donors (Lipinski definition) is 1. The van der Waals surface area contributed by atoms with Crippen LogP contribution in [0.15, 0.2) is 12.1 Å². The van der Waals surface area contributed by atoms with E-state index in [0.717, 1.165) is 25.9 Å². The van der Waals surface area contributed by atoms with Gasteiger partial charge in [-0.25, -0.2) is 4.79 Å². The molecule has 1 aliphatic heterocycles. The molecule has 1 aromatic rings. The van der Waals surface area contributed by atoms with Crippen LogP contribution in [0.3, 0.4) is 0 Å². The van der Waals surface area contributed by atoms with Gasteiger partial charge in [-0.1, -0.05) is 6.92 Å². The zero-order valence-electron chi connectivity index (χ0n) is 12.4. The van der Waals surface area contributed by atoms with Gasteiger partial charge in [0.05, 0.1) is 12.6 Å². The van der Waals surface area contributed by atoms with Gasteiger partial charge in [-0.15, -0.1) is 11.3 Å². The zero-order valence-corrected chi connectivity index (χ0v) is 13.2. The number of amides is 2. The third-order valence-corrected chi connectivity index (χ3v) is 4.81. The van der Waals surface area contributed by atoms with Crippen molar-refractivity contribution >= 4 is 17.4 Å². The van der Waals surface area contributed by atoms with Crippen molar-refractivity contribution in [2.45, 2.75) is 45.3 Å². The molecule has 1 N–H and O–H groups in total. The van der Waals surface area contributed by atoms with Crippen molar-refractivity contribution in [3.8, 4) is 0 Å². The van der Waals surface area contributed by atoms with Crippen LogP contribution in [0.1, 0.15) is 35.9 Å². The molecule has 2 amide bonds. The van der Waals surface area contributed by atoms with E-state index in [9.17, 15) is 4.79 Å². The number of rotatable bonds is 5. The molecule has 2 heterocycles. The quantitative estimate of drug-likeness (QED) is 0.907. The topological polar surface area (TPSA) is 41.6 Å². The van der Waals surface area contributed by atoms with Crippen LogP contribution in [-0.2, 0) is 17.7 Å². The molecule has 1 unspecified atom stereocenters. The minimum absolute atomic E-state index is 0.0226. The lowest BCUT2D eigenvalue weighted by molar-refractivity contribution is 0.00385. The second kappa shape index (κ2) is 7.64. The van der Waals surface area contributed by atoms with Gasteiger partial charge in [-0.3, -0.25) is 0 Å². The van der Waals surface area contributed by atoms with Gasteiger partial charge in [0.2, 0.25) is 0 Å². The van der Waals surface area contributed by atoms with Gasteiger partial charge >= 0.3 is 6.03 Å². The molecule has 4 nitrogen and oxygen atoms in total. The summed E-state index contributed by atoms with van der Waals surface area (Å²) >= 11 is 1.76. The van der Waals surface area contributed by atoms with Crippen molar-refractivity contribution in [2.75, 3.05) is 20.2 Å². The van der Waals surface area contributed by atoms with Crippen LogP contribution >= 0.6 is 11.3 Å². The number of nitrogens with zero attached hydrogens (tertiary/aromatic N) is 1. The molecule has 2 rings (SSSR count). The maximum absolute atomic E-state index is 12.0. The number of carbonyl (C=O) groups is 1. The Hall–Kier alpha value is -1.07. The van der Waals surface area contributed by atoms with Gasteiger partial charge in [-0.2, -0.15) is 0 Å². The predicted octanol–water partition coefficient (Wildman–Crippen LogP) is 3.02. The first-order valence-electron chi connectivity index (χ1n) is 7.37. The largest absolute Gasteiger partial charge is 0.376 e. The van der Waals surface area contributed by atoms with Gasteiger partial charge in [0.15, 0.2) is 0 Å². The predicted molar refractivity (Wildman–Crippen MR) is 82.2 cm³/mol. The lowest BCUT2D eigenvalue weighted by atomic mass is 10.1. The van der Waals surface area contributed by atoms with Crippen LogP contribution < -0.4 is 5.32 Å². The summed E-state index contributed by atoms with van der Waals surface area (Å²) in [7, 11) is 1.83. The highest BCUT2D eigenvalue weighted by molar-refractivity contribution is 7.11. The summed E-state index contributed by atoms with van der Waals surface area (Å²) in [4.78, 5) is 16.3. The Balaban J connectivity index is 1.72. The molecule has 0 radical (unpaired) electrons. The molecule has 0 aromatic carbocycles. The van der Waals surface area contributed by atoms with Crippen LogP contribution in [0.4, 0.5) is 4.79 Å². The molecule has 112 valence electrons. The molecule has 0 bridgehead atoms. The van der Waals surface area contributed by atoms with Gasteiger partial charge < -0.3 is 15.0 Å². The first kappa shape index (κ1) is 15.3. The second-order valence-electron chi connectivity index (χ2n) is 5.25. The second-order valence-corrected chi connectivity index (χ2v) is 6.50. The molecule has 0 saturated carbocycles. The standard InChI is InChI=1S/C15H24N2O2S/c1-3-13-7-8-14(20-13)10-16-15(18)17(2)11-12-6-4-5-9-19-12/h7-8,12H,3-6,9-11H2,1-2H3,(H,16,18). The molecule has 0 aliphatic carbocycles. The van der Waals surface area contributed by atoms with Gasteiger partial charge in [0.25, 0.3) is 0 Å². The molecule has 1 fully saturated rings. The SMILES string of the molecule is CCc1ccc(CNC(=O)N(C)CC2CCCCO2)s1. The Morgan fingerprint density at radius 2 is 2.25 bits per heavy atom. The maximum atomic E-state index is 12.0. The van der Waals surface area contributed by atoms with E-state index in [1.54, 1.807) is 16.2 Å². The number of likely N-dealkylation sites (N-methyl/N-ethyl adjacent to an activating group) is 1.